The number of piperidine rings is 1. The fraction of sp³-hybridized carbons (Fsp3) is 0.522. The second-order valence-electron chi connectivity index (χ2n) is 8.86. The zero-order valence-corrected chi connectivity index (χ0v) is 19.5. The van der Waals surface area contributed by atoms with Crippen molar-refractivity contribution in [2.75, 3.05) is 38.3 Å². The molecule has 1 unspecified atom stereocenters. The highest BCUT2D eigenvalue weighted by Crippen LogP contribution is 2.38. The van der Waals surface area contributed by atoms with E-state index in [1.54, 1.807) is 6.20 Å². The van der Waals surface area contributed by atoms with Gasteiger partial charge >= 0.3 is 0 Å². The Kier molecular flexibility index (Phi) is 6.99. The van der Waals surface area contributed by atoms with Gasteiger partial charge in [0, 0.05) is 23.5 Å². The Balaban J connectivity index is 1.56. The lowest BCUT2D eigenvalue weighted by Gasteiger charge is -2.28. The summed E-state index contributed by atoms with van der Waals surface area (Å²) in [7, 11) is -1.41. The van der Waals surface area contributed by atoms with E-state index in [1.165, 1.54) is 5.56 Å². The number of fused-ring (bicyclic) bond motifs is 1. The molecule has 1 saturated heterocycles. The number of rotatable bonds is 8. The predicted octanol–water partition coefficient (Wildman–Crippen LogP) is 2.19. The molecule has 2 aliphatic rings. The van der Waals surface area contributed by atoms with Gasteiger partial charge in [0.05, 0.1) is 12.9 Å². The molecule has 1 aromatic heterocycles. The van der Waals surface area contributed by atoms with Crippen LogP contribution in [-0.2, 0) is 22.9 Å². The van der Waals surface area contributed by atoms with E-state index >= 15 is 0 Å². The van der Waals surface area contributed by atoms with E-state index in [4.69, 9.17) is 4.74 Å². The Labute approximate surface area is 190 Å². The number of ether oxygens (including phenoxy) is 1. The fourth-order valence-electron chi connectivity index (χ4n) is 4.53. The molecule has 0 saturated carbocycles. The molecule has 4 rings (SSSR count). The predicted molar refractivity (Wildman–Crippen MR) is 125 cm³/mol. The van der Waals surface area contributed by atoms with Gasteiger partial charge < -0.3 is 20.1 Å². The molecule has 0 radical (unpaired) electrons. The highest BCUT2D eigenvalue weighted by molar-refractivity contribution is 7.88. The van der Waals surface area contributed by atoms with Crippen molar-refractivity contribution in [3.63, 3.8) is 0 Å². The third-order valence-electron chi connectivity index (χ3n) is 6.24. The monoisotopic (exact) mass is 460 g/mol. The lowest BCUT2D eigenvalue weighted by Crippen LogP contribution is -2.39. The molecule has 1 aliphatic carbocycles. The minimum Gasteiger partial charge on any atom is -0.477 e. The summed E-state index contributed by atoms with van der Waals surface area (Å²) in [5.74, 6) is 1.11. The van der Waals surface area contributed by atoms with Crippen LogP contribution >= 0.6 is 0 Å². The van der Waals surface area contributed by atoms with E-state index in [9.17, 15) is 13.5 Å². The maximum atomic E-state index is 11.5. The van der Waals surface area contributed by atoms with Crippen LogP contribution < -0.4 is 14.8 Å². The Bertz CT molecular complexity index is 1050. The summed E-state index contributed by atoms with van der Waals surface area (Å²) in [6.07, 6.45) is 6.46. The molecule has 0 spiro atoms. The molecule has 1 fully saturated rings. The zero-order chi connectivity index (χ0) is 22.7. The Hall–Kier alpha value is -2.20. The highest BCUT2D eigenvalue weighted by atomic mass is 32.2. The van der Waals surface area contributed by atoms with Gasteiger partial charge in [0.15, 0.2) is 6.35 Å². The molecule has 174 valence electrons. The standard InChI is InChI=1S/C23H32N4O4S/c1-27-12-9-16(10-13-27)15-31-21-14-18(8-11-24-21)20-7-6-17-4-3-5-19(17)22(20)25-23(28)26-32(2,29)30/h6-8,11,14,16,23,25-26,28H,3-5,9-10,12-13,15H2,1-2H3. The number of sulfonamides is 1. The summed E-state index contributed by atoms with van der Waals surface area (Å²) in [4.78, 5) is 6.72. The van der Waals surface area contributed by atoms with Gasteiger partial charge in [-0.15, -0.1) is 0 Å². The first-order chi connectivity index (χ1) is 15.3. The molecule has 2 aromatic rings. The number of anilines is 1. The van der Waals surface area contributed by atoms with Crippen LogP contribution in [0.3, 0.4) is 0 Å². The summed E-state index contributed by atoms with van der Waals surface area (Å²) in [6, 6.07) is 7.93. The lowest BCUT2D eigenvalue weighted by molar-refractivity contribution is 0.157. The quantitative estimate of drug-likeness (QED) is 0.519. The summed E-state index contributed by atoms with van der Waals surface area (Å²) in [5.41, 5.74) is 4.86. The van der Waals surface area contributed by atoms with Crippen molar-refractivity contribution in [3.05, 3.63) is 41.6 Å². The van der Waals surface area contributed by atoms with Crippen molar-refractivity contribution < 1.29 is 18.3 Å². The van der Waals surface area contributed by atoms with Gasteiger partial charge in [0.25, 0.3) is 0 Å². The average molecular weight is 461 g/mol. The molecule has 1 aromatic carbocycles. The summed E-state index contributed by atoms with van der Waals surface area (Å²) in [6.45, 7) is 2.83. The Morgan fingerprint density at radius 2 is 2.03 bits per heavy atom. The molecule has 1 atom stereocenters. The minimum atomic E-state index is -3.56. The second kappa shape index (κ2) is 9.74. The number of aryl methyl sites for hydroxylation is 1. The zero-order valence-electron chi connectivity index (χ0n) is 18.7. The largest absolute Gasteiger partial charge is 0.477 e. The van der Waals surface area contributed by atoms with Gasteiger partial charge in [0.2, 0.25) is 15.9 Å². The van der Waals surface area contributed by atoms with Crippen LogP contribution in [0, 0.1) is 5.92 Å². The van der Waals surface area contributed by atoms with Crippen molar-refractivity contribution in [2.45, 2.75) is 38.5 Å². The van der Waals surface area contributed by atoms with Crippen molar-refractivity contribution in [3.8, 4) is 17.0 Å². The number of hydrogen-bond acceptors (Lipinski definition) is 7. The number of nitrogens with zero attached hydrogens (tertiary/aromatic N) is 2. The van der Waals surface area contributed by atoms with Gasteiger partial charge in [-0.05, 0) is 80.9 Å². The number of nitrogens with one attached hydrogen (secondary N) is 2. The highest BCUT2D eigenvalue weighted by Gasteiger charge is 2.22. The third kappa shape index (κ3) is 5.78. The maximum Gasteiger partial charge on any atom is 0.213 e. The first-order valence-corrected chi connectivity index (χ1v) is 13.0. The van der Waals surface area contributed by atoms with E-state index in [1.807, 2.05) is 18.2 Å². The van der Waals surface area contributed by atoms with Crippen LogP contribution in [0.1, 0.15) is 30.4 Å². The third-order valence-corrected chi connectivity index (χ3v) is 6.89. The smallest absolute Gasteiger partial charge is 0.213 e. The molecule has 9 heteroatoms. The van der Waals surface area contributed by atoms with Crippen molar-refractivity contribution in [1.29, 1.82) is 0 Å². The maximum absolute atomic E-state index is 11.5. The van der Waals surface area contributed by atoms with Crippen LogP contribution in [0.4, 0.5) is 5.69 Å². The number of likely N-dealkylation sites (tertiary alicyclic amines) is 1. The van der Waals surface area contributed by atoms with Gasteiger partial charge in [-0.3, -0.25) is 0 Å². The molecule has 32 heavy (non-hydrogen) atoms. The molecule has 2 heterocycles. The van der Waals surface area contributed by atoms with Crippen molar-refractivity contribution in [1.82, 2.24) is 14.6 Å². The Morgan fingerprint density at radius 3 is 2.78 bits per heavy atom. The summed E-state index contributed by atoms with van der Waals surface area (Å²) >= 11 is 0. The molecule has 0 amide bonds. The first-order valence-electron chi connectivity index (χ1n) is 11.1. The fourth-order valence-corrected chi connectivity index (χ4v) is 4.99. The summed E-state index contributed by atoms with van der Waals surface area (Å²) < 4.78 is 31.3. The molecule has 8 nitrogen and oxygen atoms in total. The number of pyridine rings is 1. The molecule has 1 aliphatic heterocycles. The number of hydrogen-bond donors (Lipinski definition) is 3. The number of benzene rings is 1. The molecular weight excluding hydrogens is 428 g/mol. The van der Waals surface area contributed by atoms with Crippen molar-refractivity contribution >= 4 is 15.7 Å². The van der Waals surface area contributed by atoms with Crippen LogP contribution in [0.15, 0.2) is 30.5 Å². The lowest BCUT2D eigenvalue weighted by atomic mass is 9.97. The number of aromatic nitrogens is 1. The normalized spacial score (nSPS) is 18.3. The van der Waals surface area contributed by atoms with E-state index in [0.29, 0.717) is 18.4 Å². The average Bonchev–Trinajstić information content (AvgIpc) is 3.22. The summed E-state index contributed by atoms with van der Waals surface area (Å²) in [5, 5.41) is 13.3. The van der Waals surface area contributed by atoms with E-state index in [0.717, 1.165) is 73.8 Å². The van der Waals surface area contributed by atoms with Crippen molar-refractivity contribution in [2.24, 2.45) is 5.92 Å². The minimum absolute atomic E-state index is 0.533. The van der Waals surface area contributed by atoms with E-state index in [2.05, 4.69) is 33.0 Å². The van der Waals surface area contributed by atoms with Gasteiger partial charge in [-0.2, -0.15) is 4.72 Å². The van der Waals surface area contributed by atoms with Gasteiger partial charge in [-0.1, -0.05) is 12.1 Å². The van der Waals surface area contributed by atoms with Crippen LogP contribution in [0.2, 0.25) is 0 Å². The second-order valence-corrected chi connectivity index (χ2v) is 10.6. The molecular formula is C23H32N4O4S. The topological polar surface area (TPSA) is 104 Å². The van der Waals surface area contributed by atoms with E-state index in [-0.39, 0.29) is 0 Å². The van der Waals surface area contributed by atoms with Crippen LogP contribution in [-0.4, -0.2) is 62.8 Å². The first kappa shape index (κ1) is 23.0. The molecule has 3 N–H and O–H groups in total. The van der Waals surface area contributed by atoms with Crippen LogP contribution in [0.25, 0.3) is 11.1 Å². The molecule has 0 bridgehead atoms. The van der Waals surface area contributed by atoms with Gasteiger partial charge in [0.1, 0.15) is 0 Å². The Morgan fingerprint density at radius 1 is 1.25 bits per heavy atom. The SMILES string of the molecule is CN1CCC(COc2cc(-c3ccc4c(c3NC(O)NS(C)(=O)=O)CCC4)ccn2)CC1. The number of aliphatic hydroxyl groups is 1. The van der Waals surface area contributed by atoms with E-state index < -0.39 is 16.4 Å². The van der Waals surface area contributed by atoms with Crippen LogP contribution in [0.5, 0.6) is 5.88 Å². The number of aliphatic hydroxyl groups excluding tert-OH is 1. The van der Waals surface area contributed by atoms with Gasteiger partial charge in [-0.25, -0.2) is 13.4 Å².